The molecule has 3 aromatic rings. The Kier molecular flexibility index (Phi) is 4.22. The maximum atomic E-state index is 13.5. The molecule has 1 aliphatic rings. The third-order valence-electron chi connectivity index (χ3n) is 4.34. The molecular formula is C16H12ClF3N6O. The molecule has 0 amide bonds. The molecule has 0 spiro atoms. The quantitative estimate of drug-likeness (QED) is 0.517. The van der Waals surface area contributed by atoms with Crippen LogP contribution in [0.3, 0.4) is 0 Å². The SMILES string of the molecule is Fc1cccc(C2(Nc3ncc(-c4noc(C(F)(F)Cl)n4)cn3)CCC2)n1. The first-order valence-corrected chi connectivity index (χ1v) is 8.38. The molecule has 0 unspecified atom stereocenters. The summed E-state index contributed by atoms with van der Waals surface area (Å²) in [5.74, 6) is -1.38. The molecule has 27 heavy (non-hydrogen) atoms. The lowest BCUT2D eigenvalue weighted by Gasteiger charge is -2.41. The van der Waals surface area contributed by atoms with Crippen molar-refractivity contribution in [1.82, 2.24) is 25.1 Å². The van der Waals surface area contributed by atoms with Gasteiger partial charge in [0.15, 0.2) is 0 Å². The second kappa shape index (κ2) is 6.45. The topological polar surface area (TPSA) is 89.6 Å². The van der Waals surface area contributed by atoms with Gasteiger partial charge in [0.25, 0.3) is 0 Å². The molecule has 11 heteroatoms. The molecule has 3 heterocycles. The molecule has 0 aliphatic heterocycles. The lowest BCUT2D eigenvalue weighted by atomic mass is 9.74. The highest BCUT2D eigenvalue weighted by Crippen LogP contribution is 2.42. The van der Waals surface area contributed by atoms with Gasteiger partial charge in [0, 0.05) is 12.4 Å². The highest BCUT2D eigenvalue weighted by atomic mass is 35.5. The molecule has 0 bridgehead atoms. The molecule has 0 atom stereocenters. The van der Waals surface area contributed by atoms with Crippen molar-refractivity contribution in [3.8, 4) is 11.4 Å². The number of anilines is 1. The summed E-state index contributed by atoms with van der Waals surface area (Å²) in [6, 6.07) is 4.63. The highest BCUT2D eigenvalue weighted by molar-refractivity contribution is 6.21. The predicted octanol–water partition coefficient (Wildman–Crippen LogP) is 3.84. The van der Waals surface area contributed by atoms with Gasteiger partial charge in [-0.25, -0.2) is 15.0 Å². The summed E-state index contributed by atoms with van der Waals surface area (Å²) in [4.78, 5) is 15.8. The van der Waals surface area contributed by atoms with Crippen LogP contribution in [0.2, 0.25) is 0 Å². The zero-order chi connectivity index (χ0) is 19.1. The largest absolute Gasteiger partial charge is 0.400 e. The van der Waals surface area contributed by atoms with Crippen LogP contribution in [0.1, 0.15) is 30.8 Å². The Morgan fingerprint density at radius 1 is 1.15 bits per heavy atom. The number of hydrogen-bond acceptors (Lipinski definition) is 7. The standard InChI is InChI=1S/C16H12ClF3N6O/c17-16(19,20)13-24-12(26-27-13)9-7-21-14(22-8-9)25-15(5-2-6-15)10-3-1-4-11(18)23-10/h1,3-4,7-8H,2,5-6H2,(H,21,22,25). The number of alkyl halides is 3. The minimum Gasteiger partial charge on any atom is -0.343 e. The van der Waals surface area contributed by atoms with Crippen molar-refractivity contribution in [2.24, 2.45) is 0 Å². The van der Waals surface area contributed by atoms with Crippen LogP contribution in [0.5, 0.6) is 0 Å². The Bertz CT molecular complexity index is 955. The van der Waals surface area contributed by atoms with Gasteiger partial charge in [-0.15, -0.1) is 0 Å². The van der Waals surface area contributed by atoms with Crippen LogP contribution in [-0.2, 0) is 10.9 Å². The summed E-state index contributed by atoms with van der Waals surface area (Å²) in [6.45, 7) is 0. The maximum Gasteiger partial charge on any atom is 0.400 e. The van der Waals surface area contributed by atoms with E-state index in [1.165, 1.54) is 18.5 Å². The first kappa shape index (κ1) is 17.7. The van der Waals surface area contributed by atoms with Crippen LogP contribution in [0.4, 0.5) is 19.1 Å². The van der Waals surface area contributed by atoms with Crippen molar-refractivity contribution >= 4 is 17.5 Å². The van der Waals surface area contributed by atoms with E-state index < -0.39 is 22.8 Å². The maximum absolute atomic E-state index is 13.5. The smallest absolute Gasteiger partial charge is 0.343 e. The van der Waals surface area contributed by atoms with Crippen LogP contribution < -0.4 is 5.32 Å². The summed E-state index contributed by atoms with van der Waals surface area (Å²) in [7, 11) is 0. The van der Waals surface area contributed by atoms with E-state index in [1.54, 1.807) is 12.1 Å². The van der Waals surface area contributed by atoms with Crippen LogP contribution in [0, 0.1) is 5.95 Å². The molecule has 1 saturated carbocycles. The van der Waals surface area contributed by atoms with Gasteiger partial charge in [-0.1, -0.05) is 11.2 Å². The highest BCUT2D eigenvalue weighted by Gasteiger charge is 2.41. The van der Waals surface area contributed by atoms with Gasteiger partial charge in [-0.3, -0.25) is 0 Å². The van der Waals surface area contributed by atoms with Gasteiger partial charge < -0.3 is 9.84 Å². The third kappa shape index (κ3) is 3.44. The number of aromatic nitrogens is 5. The van der Waals surface area contributed by atoms with Crippen molar-refractivity contribution in [3.63, 3.8) is 0 Å². The number of rotatable bonds is 5. The van der Waals surface area contributed by atoms with Crippen molar-refractivity contribution in [1.29, 1.82) is 0 Å². The first-order valence-electron chi connectivity index (χ1n) is 8.00. The lowest BCUT2D eigenvalue weighted by Crippen LogP contribution is -2.43. The first-order chi connectivity index (χ1) is 12.9. The number of pyridine rings is 1. The minimum absolute atomic E-state index is 0.109. The summed E-state index contributed by atoms with van der Waals surface area (Å²) in [6.07, 6.45) is 5.20. The lowest BCUT2D eigenvalue weighted by molar-refractivity contribution is 0.0551. The molecule has 140 valence electrons. The van der Waals surface area contributed by atoms with Gasteiger partial charge in [-0.2, -0.15) is 18.2 Å². The fraction of sp³-hybridized carbons (Fsp3) is 0.312. The van der Waals surface area contributed by atoms with Crippen LogP contribution in [0.25, 0.3) is 11.4 Å². The monoisotopic (exact) mass is 396 g/mol. The second-order valence-corrected chi connectivity index (χ2v) is 6.60. The summed E-state index contributed by atoms with van der Waals surface area (Å²) >= 11 is 4.85. The number of halogens is 4. The Morgan fingerprint density at radius 3 is 2.44 bits per heavy atom. The van der Waals surface area contributed by atoms with E-state index in [0.29, 0.717) is 5.69 Å². The van der Waals surface area contributed by atoms with Crippen molar-refractivity contribution in [3.05, 3.63) is 48.1 Å². The molecule has 3 aromatic heterocycles. The van der Waals surface area contributed by atoms with E-state index in [1.807, 2.05) is 0 Å². The van der Waals surface area contributed by atoms with E-state index in [-0.39, 0.29) is 17.3 Å². The van der Waals surface area contributed by atoms with Crippen molar-refractivity contribution in [2.75, 3.05) is 5.32 Å². The molecule has 1 fully saturated rings. The van der Waals surface area contributed by atoms with Gasteiger partial charge in [0.05, 0.1) is 16.8 Å². The summed E-state index contributed by atoms with van der Waals surface area (Å²) in [5.41, 5.74) is 0.320. The second-order valence-electron chi connectivity index (χ2n) is 6.12. The Labute approximate surface area is 156 Å². The zero-order valence-corrected chi connectivity index (χ0v) is 14.4. The Morgan fingerprint density at radius 2 is 1.89 bits per heavy atom. The fourth-order valence-corrected chi connectivity index (χ4v) is 2.91. The van der Waals surface area contributed by atoms with Crippen LogP contribution in [-0.4, -0.2) is 25.1 Å². The summed E-state index contributed by atoms with van der Waals surface area (Å²) < 4.78 is 43.8. The van der Waals surface area contributed by atoms with E-state index in [2.05, 4.69) is 34.9 Å². The van der Waals surface area contributed by atoms with Gasteiger partial charge in [-0.05, 0) is 43.0 Å². The third-order valence-corrected chi connectivity index (χ3v) is 4.50. The molecule has 4 rings (SSSR count). The minimum atomic E-state index is -3.75. The van der Waals surface area contributed by atoms with E-state index >= 15 is 0 Å². The number of hydrogen-bond donors (Lipinski definition) is 1. The van der Waals surface area contributed by atoms with Gasteiger partial charge in [0.1, 0.15) is 0 Å². The Hall–Kier alpha value is -2.75. The van der Waals surface area contributed by atoms with Gasteiger partial charge in [0.2, 0.25) is 17.7 Å². The molecule has 1 aliphatic carbocycles. The van der Waals surface area contributed by atoms with Crippen molar-refractivity contribution < 1.29 is 17.7 Å². The number of nitrogens with one attached hydrogen (secondary N) is 1. The van der Waals surface area contributed by atoms with E-state index in [0.717, 1.165) is 19.3 Å². The fourth-order valence-electron chi connectivity index (χ4n) is 2.83. The average molecular weight is 397 g/mol. The molecule has 0 radical (unpaired) electrons. The van der Waals surface area contributed by atoms with Crippen LogP contribution >= 0.6 is 11.6 Å². The Balaban J connectivity index is 1.55. The van der Waals surface area contributed by atoms with E-state index in [9.17, 15) is 13.2 Å². The number of nitrogens with zero attached hydrogens (tertiary/aromatic N) is 5. The molecular weight excluding hydrogens is 385 g/mol. The van der Waals surface area contributed by atoms with E-state index in [4.69, 9.17) is 11.6 Å². The molecule has 1 N–H and O–H groups in total. The predicted molar refractivity (Wildman–Crippen MR) is 88.4 cm³/mol. The van der Waals surface area contributed by atoms with Crippen LogP contribution in [0.15, 0.2) is 35.1 Å². The molecule has 0 saturated heterocycles. The average Bonchev–Trinajstić information content (AvgIpc) is 3.09. The molecule has 0 aromatic carbocycles. The summed E-state index contributed by atoms with van der Waals surface area (Å²) in [5, 5.41) is 2.88. The molecule has 7 nitrogen and oxygen atoms in total. The zero-order valence-electron chi connectivity index (χ0n) is 13.7. The van der Waals surface area contributed by atoms with Gasteiger partial charge >= 0.3 is 11.3 Å². The van der Waals surface area contributed by atoms with Crippen molar-refractivity contribution in [2.45, 2.75) is 30.2 Å². The normalized spacial score (nSPS) is 16.0.